The average Bonchev–Trinajstić information content (AvgIpc) is 2.95. The van der Waals surface area contributed by atoms with Gasteiger partial charge in [-0.2, -0.15) is 5.26 Å². The first-order valence-electron chi connectivity index (χ1n) is 13.1. The maximum absolute atomic E-state index is 13.7. The van der Waals surface area contributed by atoms with Crippen molar-refractivity contribution < 1.29 is 23.8 Å². The standard InChI is InChI=1S/C31H34N4O5/c1-20(18-32)19-35(23-13-15-39-16-14-23)29(36)26-8-6-7-25(33-26)22-10-9-21-11-12-27(38-5)28(24(21)17-22)34-30(37)40-31(2,3)4/h6-12,17,23H,1,13-16,19H2,2-5H3,(H,34,37). The van der Waals surface area contributed by atoms with Crippen molar-refractivity contribution in [3.05, 3.63) is 66.4 Å². The molecule has 2 heterocycles. The number of ether oxygens (including phenoxy) is 3. The Kier molecular flexibility index (Phi) is 8.70. The number of rotatable bonds is 7. The summed E-state index contributed by atoms with van der Waals surface area (Å²) in [6.07, 6.45) is 0.773. The number of hydrogen-bond donors (Lipinski definition) is 1. The first-order chi connectivity index (χ1) is 19.1. The largest absolute Gasteiger partial charge is 0.495 e. The van der Waals surface area contributed by atoms with Crippen LogP contribution < -0.4 is 10.1 Å². The topological polar surface area (TPSA) is 114 Å². The van der Waals surface area contributed by atoms with E-state index in [1.807, 2.05) is 36.4 Å². The third-order valence-corrected chi connectivity index (χ3v) is 6.50. The summed E-state index contributed by atoms with van der Waals surface area (Å²) >= 11 is 0. The molecule has 208 valence electrons. The summed E-state index contributed by atoms with van der Waals surface area (Å²) in [7, 11) is 1.53. The zero-order valence-corrected chi connectivity index (χ0v) is 23.3. The normalized spacial score (nSPS) is 13.8. The van der Waals surface area contributed by atoms with Crippen LogP contribution in [0.25, 0.3) is 22.0 Å². The summed E-state index contributed by atoms with van der Waals surface area (Å²) in [6, 6.07) is 16.7. The molecule has 1 N–H and O–H groups in total. The van der Waals surface area contributed by atoms with E-state index in [9.17, 15) is 14.9 Å². The van der Waals surface area contributed by atoms with Crippen LogP contribution in [0.1, 0.15) is 44.1 Å². The van der Waals surface area contributed by atoms with Crippen molar-refractivity contribution in [3.63, 3.8) is 0 Å². The van der Waals surface area contributed by atoms with Gasteiger partial charge in [0.15, 0.2) is 0 Å². The van der Waals surface area contributed by atoms with Gasteiger partial charge >= 0.3 is 6.09 Å². The van der Waals surface area contributed by atoms with Gasteiger partial charge in [0.05, 0.1) is 31.1 Å². The van der Waals surface area contributed by atoms with E-state index in [1.165, 1.54) is 7.11 Å². The van der Waals surface area contributed by atoms with Crippen molar-refractivity contribution in [2.75, 3.05) is 32.2 Å². The number of pyridine rings is 1. The molecule has 0 bridgehead atoms. The van der Waals surface area contributed by atoms with Crippen LogP contribution in [-0.4, -0.2) is 60.4 Å². The third-order valence-electron chi connectivity index (χ3n) is 6.50. The van der Waals surface area contributed by atoms with Gasteiger partial charge in [0, 0.05) is 35.8 Å². The molecule has 9 nitrogen and oxygen atoms in total. The van der Waals surface area contributed by atoms with E-state index in [1.54, 1.807) is 43.9 Å². The second kappa shape index (κ2) is 12.2. The lowest BCUT2D eigenvalue weighted by atomic mass is 10.0. The highest BCUT2D eigenvalue weighted by atomic mass is 16.6. The van der Waals surface area contributed by atoms with Gasteiger partial charge < -0.3 is 19.1 Å². The summed E-state index contributed by atoms with van der Waals surface area (Å²) < 4.78 is 16.5. The van der Waals surface area contributed by atoms with Gasteiger partial charge in [0.25, 0.3) is 5.91 Å². The molecule has 0 unspecified atom stereocenters. The molecule has 1 aliphatic rings. The molecule has 1 saturated heterocycles. The molecule has 9 heteroatoms. The summed E-state index contributed by atoms with van der Waals surface area (Å²) in [4.78, 5) is 32.7. The Bertz CT molecular complexity index is 1460. The number of methoxy groups -OCH3 is 1. The SMILES string of the molecule is C=C(C#N)CN(C(=O)c1cccc(-c2ccc3ccc(OC)c(NC(=O)OC(C)(C)C)c3c2)n1)C1CCOCC1. The number of nitriles is 1. The van der Waals surface area contributed by atoms with E-state index in [2.05, 4.69) is 11.9 Å². The van der Waals surface area contributed by atoms with Crippen LogP contribution in [0.15, 0.2) is 60.7 Å². The van der Waals surface area contributed by atoms with Crippen molar-refractivity contribution in [3.8, 4) is 23.1 Å². The van der Waals surface area contributed by atoms with Crippen LogP contribution in [-0.2, 0) is 9.47 Å². The quantitative estimate of drug-likeness (QED) is 0.367. The Hall–Kier alpha value is -4.42. The highest BCUT2D eigenvalue weighted by Gasteiger charge is 2.28. The second-order valence-corrected chi connectivity index (χ2v) is 10.6. The summed E-state index contributed by atoms with van der Waals surface area (Å²) in [5, 5.41) is 13.8. The fourth-order valence-corrected chi connectivity index (χ4v) is 4.63. The van der Waals surface area contributed by atoms with Crippen LogP contribution in [0.3, 0.4) is 0 Å². The van der Waals surface area contributed by atoms with Gasteiger partial charge in [-0.05, 0) is 63.3 Å². The monoisotopic (exact) mass is 542 g/mol. The Morgan fingerprint density at radius 3 is 2.58 bits per heavy atom. The zero-order chi connectivity index (χ0) is 28.9. The molecule has 0 saturated carbocycles. The van der Waals surface area contributed by atoms with Gasteiger partial charge in [0.1, 0.15) is 17.0 Å². The summed E-state index contributed by atoms with van der Waals surface area (Å²) in [6.45, 7) is 10.4. The number of fused-ring (bicyclic) bond motifs is 1. The van der Waals surface area contributed by atoms with Gasteiger partial charge in [-0.3, -0.25) is 10.1 Å². The predicted octanol–water partition coefficient (Wildman–Crippen LogP) is 5.96. The first kappa shape index (κ1) is 28.6. The van der Waals surface area contributed by atoms with Gasteiger partial charge in [-0.25, -0.2) is 9.78 Å². The molecule has 2 amide bonds. The number of carbonyl (C=O) groups is 2. The Morgan fingerprint density at radius 2 is 1.90 bits per heavy atom. The number of carbonyl (C=O) groups excluding carboxylic acids is 2. The van der Waals surface area contributed by atoms with Gasteiger partial charge in [0.2, 0.25) is 0 Å². The molecule has 1 fully saturated rings. The van der Waals surface area contributed by atoms with Crippen molar-refractivity contribution in [2.24, 2.45) is 0 Å². The fraction of sp³-hybridized carbons (Fsp3) is 0.355. The molecule has 0 atom stereocenters. The maximum atomic E-state index is 13.7. The van der Waals surface area contributed by atoms with Gasteiger partial charge in [-0.1, -0.05) is 30.8 Å². The molecule has 40 heavy (non-hydrogen) atoms. The van der Waals surface area contributed by atoms with E-state index in [4.69, 9.17) is 19.2 Å². The minimum atomic E-state index is -0.665. The first-order valence-corrected chi connectivity index (χ1v) is 13.1. The molecule has 2 aromatic carbocycles. The molecule has 4 rings (SSSR count). The smallest absolute Gasteiger partial charge is 0.412 e. The summed E-state index contributed by atoms with van der Waals surface area (Å²) in [5.41, 5.74) is 1.73. The Labute approximate surface area is 234 Å². The molecule has 3 aromatic rings. The number of anilines is 1. The lowest BCUT2D eigenvalue weighted by Gasteiger charge is -2.34. The number of aromatic nitrogens is 1. The van der Waals surface area contributed by atoms with Crippen molar-refractivity contribution in [1.29, 1.82) is 5.26 Å². The lowest BCUT2D eigenvalue weighted by molar-refractivity contribution is 0.0315. The van der Waals surface area contributed by atoms with Crippen LogP contribution in [0.4, 0.5) is 10.5 Å². The van der Waals surface area contributed by atoms with Crippen LogP contribution >= 0.6 is 0 Å². The molecular weight excluding hydrogens is 508 g/mol. The summed E-state index contributed by atoms with van der Waals surface area (Å²) in [5.74, 6) is 0.220. The number of benzene rings is 2. The number of nitrogens with one attached hydrogen (secondary N) is 1. The Morgan fingerprint density at radius 1 is 1.18 bits per heavy atom. The van der Waals surface area contributed by atoms with E-state index < -0.39 is 11.7 Å². The number of amides is 2. The van der Waals surface area contributed by atoms with Crippen LogP contribution in [0, 0.1) is 11.3 Å². The number of hydrogen-bond acceptors (Lipinski definition) is 7. The minimum Gasteiger partial charge on any atom is -0.495 e. The highest BCUT2D eigenvalue weighted by Crippen LogP contribution is 2.36. The maximum Gasteiger partial charge on any atom is 0.412 e. The Balaban J connectivity index is 1.70. The van der Waals surface area contributed by atoms with Gasteiger partial charge in [-0.15, -0.1) is 0 Å². The highest BCUT2D eigenvalue weighted by molar-refractivity contribution is 6.04. The molecule has 1 aromatic heterocycles. The third kappa shape index (κ3) is 6.77. The molecule has 1 aliphatic heterocycles. The van der Waals surface area contributed by atoms with Crippen molar-refractivity contribution in [2.45, 2.75) is 45.3 Å². The zero-order valence-electron chi connectivity index (χ0n) is 23.3. The van der Waals surface area contributed by atoms with E-state index >= 15 is 0 Å². The van der Waals surface area contributed by atoms with Crippen molar-refractivity contribution >= 4 is 28.5 Å². The van der Waals surface area contributed by atoms with E-state index in [0.717, 1.165) is 16.3 Å². The van der Waals surface area contributed by atoms with E-state index in [0.29, 0.717) is 48.8 Å². The van der Waals surface area contributed by atoms with E-state index in [-0.39, 0.29) is 24.2 Å². The van der Waals surface area contributed by atoms with Crippen molar-refractivity contribution in [1.82, 2.24) is 9.88 Å². The molecule has 0 aliphatic carbocycles. The van der Waals surface area contributed by atoms with Crippen LogP contribution in [0.2, 0.25) is 0 Å². The molecular formula is C31H34N4O5. The average molecular weight is 543 g/mol. The fourth-order valence-electron chi connectivity index (χ4n) is 4.63. The molecule has 0 radical (unpaired) electrons. The number of nitrogens with zero attached hydrogens (tertiary/aromatic N) is 3. The van der Waals surface area contributed by atoms with Crippen LogP contribution in [0.5, 0.6) is 5.75 Å². The molecule has 0 spiro atoms. The minimum absolute atomic E-state index is 0.0635. The second-order valence-electron chi connectivity index (χ2n) is 10.6. The lowest BCUT2D eigenvalue weighted by Crippen LogP contribution is -2.44. The predicted molar refractivity (Wildman–Crippen MR) is 153 cm³/mol.